The molecule has 0 bridgehead atoms. The van der Waals surface area contributed by atoms with Gasteiger partial charge in [0, 0.05) is 29.6 Å². The summed E-state index contributed by atoms with van der Waals surface area (Å²) in [6, 6.07) is 10.1. The largest absolute Gasteiger partial charge is 0.303 e. The molecule has 0 saturated carbocycles. The molecule has 0 radical (unpaired) electrons. The number of carbonyl (C=O) groups excluding carboxylic acids is 1. The van der Waals surface area contributed by atoms with E-state index >= 15 is 0 Å². The summed E-state index contributed by atoms with van der Waals surface area (Å²) < 4.78 is 0. The van der Waals surface area contributed by atoms with Crippen LogP contribution in [0.2, 0.25) is 0 Å². The molecule has 3 rings (SSSR count). The summed E-state index contributed by atoms with van der Waals surface area (Å²) in [7, 11) is 0. The zero-order valence-corrected chi connectivity index (χ0v) is 16.1. The number of nitrogens with zero attached hydrogens (tertiary/aromatic N) is 3. The number of rotatable bonds is 3. The molecule has 130 valence electrons. The highest BCUT2D eigenvalue weighted by Crippen LogP contribution is 2.40. The Kier molecular flexibility index (Phi) is 4.69. The average Bonchev–Trinajstić information content (AvgIpc) is 2.50. The van der Waals surface area contributed by atoms with Crippen LogP contribution in [0.1, 0.15) is 37.7 Å². The van der Waals surface area contributed by atoms with Crippen LogP contribution in [-0.2, 0) is 4.79 Å². The lowest BCUT2D eigenvalue weighted by atomic mass is 9.89. The van der Waals surface area contributed by atoms with Gasteiger partial charge in [-0.3, -0.25) is 4.79 Å². The Morgan fingerprint density at radius 3 is 2.44 bits per heavy atom. The third-order valence-corrected chi connectivity index (χ3v) is 5.12. The monoisotopic (exact) mass is 353 g/mol. The molecule has 25 heavy (non-hydrogen) atoms. The van der Waals surface area contributed by atoms with Gasteiger partial charge in [0.2, 0.25) is 5.91 Å². The van der Waals surface area contributed by atoms with Crippen LogP contribution in [0.5, 0.6) is 0 Å². The number of fused-ring (bicyclic) bond motifs is 1. The topological polar surface area (TPSA) is 46.1 Å². The lowest BCUT2D eigenvalue weighted by Gasteiger charge is -2.41. The number of benzene rings is 1. The van der Waals surface area contributed by atoms with Crippen molar-refractivity contribution in [1.82, 2.24) is 9.97 Å². The number of carbonyl (C=O) groups is 1. The van der Waals surface area contributed by atoms with E-state index in [1.165, 1.54) is 5.57 Å². The molecule has 5 heteroatoms. The SMILES string of the molecule is CC(=O)N1c2ccccc2C(CSc2nc(C)cc(C)n2)=CC1(C)C. The van der Waals surface area contributed by atoms with E-state index in [4.69, 9.17) is 0 Å². The predicted octanol–water partition coefficient (Wildman–Crippen LogP) is 4.41. The molecule has 4 nitrogen and oxygen atoms in total. The Labute approximate surface area is 153 Å². The highest BCUT2D eigenvalue weighted by molar-refractivity contribution is 7.99. The molecular weight excluding hydrogens is 330 g/mol. The second-order valence-corrected chi connectivity index (χ2v) is 7.86. The van der Waals surface area contributed by atoms with Crippen molar-refractivity contribution in [3.8, 4) is 0 Å². The number of aromatic nitrogens is 2. The van der Waals surface area contributed by atoms with Gasteiger partial charge in [0.25, 0.3) is 0 Å². The summed E-state index contributed by atoms with van der Waals surface area (Å²) in [6.07, 6.45) is 2.19. The fourth-order valence-corrected chi connectivity index (χ4v) is 4.36. The maximum Gasteiger partial charge on any atom is 0.224 e. The van der Waals surface area contributed by atoms with Crippen molar-refractivity contribution >= 4 is 28.9 Å². The minimum Gasteiger partial charge on any atom is -0.303 e. The molecule has 1 aromatic heterocycles. The summed E-state index contributed by atoms with van der Waals surface area (Å²) in [5.41, 5.74) is 4.89. The summed E-state index contributed by atoms with van der Waals surface area (Å²) in [5, 5.41) is 0.794. The number of amides is 1. The average molecular weight is 353 g/mol. The molecule has 0 aliphatic carbocycles. The molecule has 1 amide bonds. The van der Waals surface area contributed by atoms with Crippen LogP contribution in [0.4, 0.5) is 5.69 Å². The zero-order valence-electron chi connectivity index (χ0n) is 15.3. The number of thioether (sulfide) groups is 1. The summed E-state index contributed by atoms with van der Waals surface area (Å²) in [4.78, 5) is 23.1. The first-order valence-corrected chi connectivity index (χ1v) is 9.33. The molecule has 1 aliphatic heterocycles. The molecule has 0 atom stereocenters. The van der Waals surface area contributed by atoms with Gasteiger partial charge in [-0.15, -0.1) is 0 Å². The fraction of sp³-hybridized carbons (Fsp3) is 0.350. The fourth-order valence-electron chi connectivity index (χ4n) is 3.41. The minimum absolute atomic E-state index is 0.0537. The van der Waals surface area contributed by atoms with Gasteiger partial charge in [-0.2, -0.15) is 0 Å². The van der Waals surface area contributed by atoms with Crippen molar-refractivity contribution in [3.63, 3.8) is 0 Å². The summed E-state index contributed by atoms with van der Waals surface area (Å²) in [6.45, 7) is 9.74. The molecule has 2 heterocycles. The van der Waals surface area contributed by atoms with Crippen molar-refractivity contribution in [2.24, 2.45) is 0 Å². The second kappa shape index (κ2) is 6.64. The lowest BCUT2D eigenvalue weighted by molar-refractivity contribution is -0.117. The minimum atomic E-state index is -0.362. The molecular formula is C20H23N3OS. The van der Waals surface area contributed by atoms with Gasteiger partial charge in [-0.05, 0) is 45.4 Å². The third kappa shape index (κ3) is 3.61. The molecule has 0 spiro atoms. The van der Waals surface area contributed by atoms with Crippen LogP contribution in [0.25, 0.3) is 5.57 Å². The molecule has 1 aromatic carbocycles. The zero-order chi connectivity index (χ0) is 18.2. The number of hydrogen-bond donors (Lipinski definition) is 0. The van der Waals surface area contributed by atoms with Crippen LogP contribution < -0.4 is 4.90 Å². The van der Waals surface area contributed by atoms with Gasteiger partial charge >= 0.3 is 0 Å². The molecule has 0 unspecified atom stereocenters. The Morgan fingerprint density at radius 1 is 1.16 bits per heavy atom. The quantitative estimate of drug-likeness (QED) is 0.605. The molecule has 0 N–H and O–H groups in total. The van der Waals surface area contributed by atoms with Gasteiger partial charge in [-0.1, -0.05) is 36.0 Å². The Hall–Kier alpha value is -2.14. The number of aryl methyl sites for hydroxylation is 2. The van der Waals surface area contributed by atoms with E-state index < -0.39 is 0 Å². The highest BCUT2D eigenvalue weighted by atomic mass is 32.2. The maximum absolute atomic E-state index is 12.2. The number of para-hydroxylation sites is 1. The Bertz CT molecular complexity index is 838. The van der Waals surface area contributed by atoms with E-state index in [9.17, 15) is 4.79 Å². The van der Waals surface area contributed by atoms with E-state index in [1.807, 2.05) is 43.0 Å². The van der Waals surface area contributed by atoms with E-state index in [2.05, 4.69) is 36.0 Å². The summed E-state index contributed by atoms with van der Waals surface area (Å²) in [5.74, 6) is 0.827. The van der Waals surface area contributed by atoms with Crippen LogP contribution in [0, 0.1) is 13.8 Å². The normalized spacial score (nSPS) is 15.6. The van der Waals surface area contributed by atoms with Crippen LogP contribution >= 0.6 is 11.8 Å². The number of anilines is 1. The Balaban J connectivity index is 1.94. The van der Waals surface area contributed by atoms with Gasteiger partial charge in [-0.25, -0.2) is 9.97 Å². The van der Waals surface area contributed by atoms with E-state index in [0.717, 1.165) is 33.5 Å². The first kappa shape index (κ1) is 17.7. The van der Waals surface area contributed by atoms with Crippen molar-refractivity contribution in [1.29, 1.82) is 0 Å². The molecule has 2 aromatic rings. The summed E-state index contributed by atoms with van der Waals surface area (Å²) >= 11 is 1.64. The Morgan fingerprint density at radius 2 is 1.80 bits per heavy atom. The van der Waals surface area contributed by atoms with E-state index in [1.54, 1.807) is 18.7 Å². The lowest BCUT2D eigenvalue weighted by Crippen LogP contribution is -2.48. The maximum atomic E-state index is 12.2. The second-order valence-electron chi connectivity index (χ2n) is 6.92. The van der Waals surface area contributed by atoms with Crippen molar-refractivity contribution in [3.05, 3.63) is 53.4 Å². The standard InChI is InChI=1S/C20H23N3OS/c1-13-10-14(2)22-19(21-13)25-12-16-11-20(4,5)23(15(3)24)18-9-7-6-8-17(16)18/h6-11H,12H2,1-5H3. The van der Waals surface area contributed by atoms with Crippen LogP contribution in [0.15, 0.2) is 41.6 Å². The number of hydrogen-bond acceptors (Lipinski definition) is 4. The molecule has 0 fully saturated rings. The highest BCUT2D eigenvalue weighted by Gasteiger charge is 2.34. The molecule has 1 aliphatic rings. The van der Waals surface area contributed by atoms with Crippen LogP contribution in [0.3, 0.4) is 0 Å². The first-order valence-electron chi connectivity index (χ1n) is 8.35. The third-order valence-electron chi connectivity index (χ3n) is 4.23. The van der Waals surface area contributed by atoms with Crippen molar-refractivity contribution in [2.75, 3.05) is 10.7 Å². The first-order chi connectivity index (χ1) is 11.8. The predicted molar refractivity (Wildman–Crippen MR) is 104 cm³/mol. The van der Waals surface area contributed by atoms with Gasteiger partial charge in [0.15, 0.2) is 5.16 Å². The van der Waals surface area contributed by atoms with Crippen LogP contribution in [-0.4, -0.2) is 27.2 Å². The molecule has 0 saturated heterocycles. The van der Waals surface area contributed by atoms with Crippen molar-refractivity contribution < 1.29 is 4.79 Å². The van der Waals surface area contributed by atoms with Gasteiger partial charge in [0.1, 0.15) is 0 Å². The van der Waals surface area contributed by atoms with Gasteiger partial charge in [0.05, 0.1) is 11.2 Å². The smallest absolute Gasteiger partial charge is 0.224 e. The van der Waals surface area contributed by atoms with E-state index in [0.29, 0.717) is 0 Å². The van der Waals surface area contributed by atoms with E-state index in [-0.39, 0.29) is 11.4 Å². The van der Waals surface area contributed by atoms with Gasteiger partial charge < -0.3 is 4.90 Å². The van der Waals surface area contributed by atoms with Crippen molar-refractivity contribution in [2.45, 2.75) is 45.3 Å².